The normalized spacial score (nSPS) is 19.5. The summed E-state index contributed by atoms with van der Waals surface area (Å²) in [4.78, 5) is 26.5. The van der Waals surface area contributed by atoms with Crippen molar-refractivity contribution in [2.24, 2.45) is 5.92 Å². The topological polar surface area (TPSA) is 91.9 Å². The van der Waals surface area contributed by atoms with Crippen molar-refractivity contribution in [3.05, 3.63) is 34.9 Å². The van der Waals surface area contributed by atoms with Crippen LogP contribution in [-0.2, 0) is 16.1 Å². The molecule has 0 unspecified atom stereocenters. The Balaban J connectivity index is 1.57. The third-order valence-electron chi connectivity index (χ3n) is 7.61. The first kappa shape index (κ1) is 28.3. The number of carbonyl (C=O) groups is 2. The molecule has 3 amide bonds. The maximum atomic E-state index is 13.3. The van der Waals surface area contributed by atoms with Crippen molar-refractivity contribution in [3.8, 4) is 0 Å². The van der Waals surface area contributed by atoms with Crippen LogP contribution in [0.5, 0.6) is 0 Å². The van der Waals surface area contributed by atoms with Crippen molar-refractivity contribution < 1.29 is 19.1 Å². The molecule has 202 valence electrons. The standard InChI is InChI=1S/C28H46N4O4/c1-21-9-7-12-24(20-36-16-14-30-28(34)35-3)26(21)23-13-8-15-32(19-23)27(33)31-25(18-29-2)17-22-10-5-4-6-11-22/h7,9,12,22-23,25,29H,4-6,8,10-11,13-20H2,1-3H3,(H,30,34)(H,31,33)/t23-,25-/m0/s1. The zero-order valence-electron chi connectivity index (χ0n) is 22.4. The van der Waals surface area contributed by atoms with Gasteiger partial charge in [0.25, 0.3) is 0 Å². The van der Waals surface area contributed by atoms with Crippen LogP contribution in [0.25, 0.3) is 0 Å². The van der Waals surface area contributed by atoms with E-state index in [1.807, 2.05) is 11.9 Å². The maximum Gasteiger partial charge on any atom is 0.406 e. The molecule has 8 nitrogen and oxygen atoms in total. The van der Waals surface area contributed by atoms with Gasteiger partial charge in [0.1, 0.15) is 0 Å². The zero-order chi connectivity index (χ0) is 25.8. The lowest BCUT2D eigenvalue weighted by Crippen LogP contribution is -2.51. The number of rotatable bonds is 11. The van der Waals surface area contributed by atoms with Gasteiger partial charge >= 0.3 is 12.1 Å². The van der Waals surface area contributed by atoms with Crippen molar-refractivity contribution in [3.63, 3.8) is 0 Å². The van der Waals surface area contributed by atoms with Crippen molar-refractivity contribution >= 4 is 12.1 Å². The Kier molecular flexibility index (Phi) is 11.8. The Bertz CT molecular complexity index is 828. The van der Waals surface area contributed by atoms with Crippen LogP contribution in [0.15, 0.2) is 18.2 Å². The highest BCUT2D eigenvalue weighted by atomic mass is 16.5. The van der Waals surface area contributed by atoms with E-state index in [2.05, 4.69) is 45.8 Å². The van der Waals surface area contributed by atoms with E-state index >= 15 is 0 Å². The minimum Gasteiger partial charge on any atom is -0.453 e. The van der Waals surface area contributed by atoms with Gasteiger partial charge in [0, 0.05) is 38.1 Å². The van der Waals surface area contributed by atoms with Gasteiger partial charge in [0.15, 0.2) is 0 Å². The summed E-state index contributed by atoms with van der Waals surface area (Å²) in [6, 6.07) is 6.56. The quantitative estimate of drug-likeness (QED) is 0.392. The second-order valence-electron chi connectivity index (χ2n) is 10.3. The molecular formula is C28H46N4O4. The number of hydrogen-bond donors (Lipinski definition) is 3. The minimum atomic E-state index is -0.453. The van der Waals surface area contributed by atoms with E-state index in [9.17, 15) is 9.59 Å². The van der Waals surface area contributed by atoms with Crippen LogP contribution in [0.2, 0.25) is 0 Å². The molecule has 2 aliphatic rings. The Labute approximate surface area is 216 Å². The summed E-state index contributed by atoms with van der Waals surface area (Å²) in [5, 5.41) is 9.26. The molecule has 0 bridgehead atoms. The van der Waals surface area contributed by atoms with Gasteiger partial charge in [0.05, 0.1) is 20.3 Å². The van der Waals surface area contributed by atoms with Crippen molar-refractivity contribution in [1.29, 1.82) is 0 Å². The van der Waals surface area contributed by atoms with Crippen LogP contribution in [-0.4, -0.2) is 70.0 Å². The number of piperidine rings is 1. The number of likely N-dealkylation sites (tertiary alicyclic amines) is 1. The van der Waals surface area contributed by atoms with Gasteiger partial charge in [-0.05, 0) is 55.8 Å². The van der Waals surface area contributed by atoms with Crippen molar-refractivity contribution in [2.45, 2.75) is 76.9 Å². The number of carbonyl (C=O) groups excluding carboxylic acids is 2. The van der Waals surface area contributed by atoms with Crippen LogP contribution < -0.4 is 16.0 Å². The summed E-state index contributed by atoms with van der Waals surface area (Å²) < 4.78 is 10.4. The zero-order valence-corrected chi connectivity index (χ0v) is 22.4. The molecule has 1 aromatic rings. The van der Waals surface area contributed by atoms with Gasteiger partial charge in [-0.15, -0.1) is 0 Å². The highest BCUT2D eigenvalue weighted by Crippen LogP contribution is 2.32. The second kappa shape index (κ2) is 15.1. The first-order chi connectivity index (χ1) is 17.5. The third kappa shape index (κ3) is 8.66. The van der Waals surface area contributed by atoms with E-state index in [1.54, 1.807) is 0 Å². The molecule has 36 heavy (non-hydrogen) atoms. The molecule has 3 rings (SSSR count). The summed E-state index contributed by atoms with van der Waals surface area (Å²) in [5.74, 6) is 1.02. The molecule has 1 saturated carbocycles. The lowest BCUT2D eigenvalue weighted by atomic mass is 9.84. The van der Waals surface area contributed by atoms with Crippen LogP contribution in [0.3, 0.4) is 0 Å². The monoisotopic (exact) mass is 502 g/mol. The first-order valence-corrected chi connectivity index (χ1v) is 13.7. The molecular weight excluding hydrogens is 456 g/mol. The van der Waals surface area contributed by atoms with E-state index in [0.717, 1.165) is 50.4 Å². The molecule has 0 spiro atoms. The molecule has 0 aromatic heterocycles. The average Bonchev–Trinajstić information content (AvgIpc) is 2.89. The number of nitrogens with zero attached hydrogens (tertiary/aromatic N) is 1. The van der Waals surface area contributed by atoms with Crippen LogP contribution >= 0.6 is 0 Å². The fourth-order valence-electron chi connectivity index (χ4n) is 5.86. The first-order valence-electron chi connectivity index (χ1n) is 13.7. The number of hydrogen-bond acceptors (Lipinski definition) is 5. The van der Waals surface area contributed by atoms with Crippen molar-refractivity contribution in [1.82, 2.24) is 20.9 Å². The molecule has 2 atom stereocenters. The second-order valence-corrected chi connectivity index (χ2v) is 10.3. The molecule has 1 aromatic carbocycles. The molecule has 1 heterocycles. The maximum absolute atomic E-state index is 13.3. The van der Waals surface area contributed by atoms with Crippen molar-refractivity contribution in [2.75, 3.05) is 46.9 Å². The predicted octanol–water partition coefficient (Wildman–Crippen LogP) is 4.32. The molecule has 1 aliphatic carbocycles. The number of aryl methyl sites for hydroxylation is 1. The van der Waals surface area contributed by atoms with E-state index in [1.165, 1.54) is 50.3 Å². The van der Waals surface area contributed by atoms with E-state index in [-0.39, 0.29) is 12.1 Å². The molecule has 8 heteroatoms. The number of alkyl carbamates (subject to hydrolysis) is 1. The predicted molar refractivity (Wildman–Crippen MR) is 142 cm³/mol. The van der Waals surface area contributed by atoms with Gasteiger partial charge < -0.3 is 30.3 Å². The SMILES string of the molecule is CNC[C@H](CC1CCCCC1)NC(=O)N1CCC[C@H](c2c(C)cccc2COCCNC(=O)OC)C1. The number of amides is 3. The summed E-state index contributed by atoms with van der Waals surface area (Å²) in [7, 11) is 3.31. The highest BCUT2D eigenvalue weighted by molar-refractivity contribution is 5.74. The summed E-state index contributed by atoms with van der Waals surface area (Å²) >= 11 is 0. The Morgan fingerprint density at radius 1 is 1.14 bits per heavy atom. The van der Waals surface area contributed by atoms with Crippen LogP contribution in [0.1, 0.15) is 74.0 Å². The molecule has 0 radical (unpaired) electrons. The molecule has 1 aliphatic heterocycles. The fraction of sp³-hybridized carbons (Fsp3) is 0.714. The molecule has 3 N–H and O–H groups in total. The highest BCUT2D eigenvalue weighted by Gasteiger charge is 2.29. The number of benzene rings is 1. The summed E-state index contributed by atoms with van der Waals surface area (Å²) in [6.07, 6.45) is 9.25. The number of likely N-dealkylation sites (N-methyl/N-ethyl adjacent to an activating group) is 1. The average molecular weight is 503 g/mol. The van der Waals surface area contributed by atoms with Gasteiger partial charge in [-0.1, -0.05) is 50.3 Å². The smallest absolute Gasteiger partial charge is 0.406 e. The van der Waals surface area contributed by atoms with E-state index in [0.29, 0.717) is 25.7 Å². The largest absolute Gasteiger partial charge is 0.453 e. The van der Waals surface area contributed by atoms with E-state index in [4.69, 9.17) is 4.74 Å². The summed E-state index contributed by atoms with van der Waals surface area (Å²) in [5.41, 5.74) is 3.69. The number of ether oxygens (including phenoxy) is 2. The Morgan fingerprint density at radius 3 is 2.69 bits per heavy atom. The van der Waals surface area contributed by atoms with Crippen LogP contribution in [0, 0.1) is 12.8 Å². The summed E-state index contributed by atoms with van der Waals surface area (Å²) in [6.45, 7) is 5.77. The lowest BCUT2D eigenvalue weighted by molar-refractivity contribution is 0.116. The van der Waals surface area contributed by atoms with Gasteiger partial charge in [-0.2, -0.15) is 0 Å². The number of nitrogens with one attached hydrogen (secondary N) is 3. The Morgan fingerprint density at radius 2 is 1.94 bits per heavy atom. The van der Waals surface area contributed by atoms with Gasteiger partial charge in [-0.25, -0.2) is 9.59 Å². The van der Waals surface area contributed by atoms with Crippen LogP contribution in [0.4, 0.5) is 9.59 Å². The van der Waals surface area contributed by atoms with Gasteiger partial charge in [-0.3, -0.25) is 0 Å². The number of methoxy groups -OCH3 is 1. The number of urea groups is 1. The molecule has 2 fully saturated rings. The fourth-order valence-corrected chi connectivity index (χ4v) is 5.86. The minimum absolute atomic E-state index is 0.0658. The lowest BCUT2D eigenvalue weighted by Gasteiger charge is -2.36. The Hall–Kier alpha value is -2.32. The molecule has 1 saturated heterocycles. The van der Waals surface area contributed by atoms with E-state index < -0.39 is 6.09 Å². The van der Waals surface area contributed by atoms with Gasteiger partial charge in [0.2, 0.25) is 0 Å². The third-order valence-corrected chi connectivity index (χ3v) is 7.61.